The van der Waals surface area contributed by atoms with Crippen LogP contribution in [0.15, 0.2) is 30.6 Å². The van der Waals surface area contributed by atoms with E-state index in [1.54, 1.807) is 0 Å². The van der Waals surface area contributed by atoms with E-state index in [4.69, 9.17) is 14.5 Å². The minimum absolute atomic E-state index is 0.0226. The lowest BCUT2D eigenvalue weighted by molar-refractivity contribution is -0.144. The number of H-pyrrole nitrogens is 1. The number of carbonyl (C=O) groups excluding carboxylic acids is 1. The van der Waals surface area contributed by atoms with Gasteiger partial charge in [-0.3, -0.25) is 9.69 Å². The molecule has 0 aliphatic carbocycles. The van der Waals surface area contributed by atoms with E-state index in [9.17, 15) is 4.79 Å². The highest BCUT2D eigenvalue weighted by Crippen LogP contribution is 2.42. The molecular weight excluding hydrogens is 368 g/mol. The van der Waals surface area contributed by atoms with E-state index in [0.717, 1.165) is 38.8 Å². The largest absolute Gasteiger partial charge is 0.485 e. The number of rotatable bonds is 3. The third-order valence-corrected chi connectivity index (χ3v) is 6.58. The fourth-order valence-electron chi connectivity index (χ4n) is 5.11. The van der Waals surface area contributed by atoms with Gasteiger partial charge in [-0.15, -0.1) is 0 Å². The summed E-state index contributed by atoms with van der Waals surface area (Å²) < 4.78 is 11.7. The molecule has 1 spiro atoms. The van der Waals surface area contributed by atoms with Crippen LogP contribution >= 0.6 is 0 Å². The topological polar surface area (TPSA) is 70.7 Å². The molecule has 0 bridgehead atoms. The summed E-state index contributed by atoms with van der Waals surface area (Å²) in [5.41, 5.74) is 2.39. The standard InChI is InChI=1S/C22H28N4O3/c1-2-10-26-11-7-16-20(24-15-23-16)22(26)8-12-25(13-9-22)21(27)19-14-28-17-5-3-4-6-18(17)29-19/h3-6,15,19H,2,7-14H2,1H3,(H,23,24)/t19-/m1/s1. The fourth-order valence-corrected chi connectivity index (χ4v) is 5.11. The molecule has 1 amide bonds. The minimum atomic E-state index is -0.571. The molecule has 2 aromatic rings. The molecule has 7 nitrogen and oxygen atoms in total. The number of nitrogens with zero attached hydrogens (tertiary/aromatic N) is 3. The number of benzene rings is 1. The molecule has 1 saturated heterocycles. The molecule has 3 aliphatic rings. The maximum absolute atomic E-state index is 13.1. The van der Waals surface area contributed by atoms with Gasteiger partial charge in [0.2, 0.25) is 6.10 Å². The lowest BCUT2D eigenvalue weighted by Crippen LogP contribution is -2.58. The number of carbonyl (C=O) groups is 1. The van der Waals surface area contributed by atoms with Crippen LogP contribution in [-0.2, 0) is 16.8 Å². The van der Waals surface area contributed by atoms with Crippen molar-refractivity contribution in [3.63, 3.8) is 0 Å². The van der Waals surface area contributed by atoms with E-state index in [1.807, 2.05) is 35.5 Å². The number of likely N-dealkylation sites (tertiary alicyclic amines) is 1. The number of aromatic nitrogens is 2. The van der Waals surface area contributed by atoms with Crippen molar-refractivity contribution >= 4 is 5.91 Å². The number of aromatic amines is 1. The molecule has 1 fully saturated rings. The summed E-state index contributed by atoms with van der Waals surface area (Å²) in [6, 6.07) is 7.52. The molecule has 5 rings (SSSR count). The van der Waals surface area contributed by atoms with Gasteiger partial charge >= 0.3 is 0 Å². The molecule has 1 atom stereocenters. The first kappa shape index (κ1) is 18.5. The van der Waals surface area contributed by atoms with Crippen molar-refractivity contribution in [1.29, 1.82) is 0 Å². The van der Waals surface area contributed by atoms with Crippen LogP contribution in [-0.4, -0.2) is 64.6 Å². The zero-order chi connectivity index (χ0) is 19.8. The van der Waals surface area contributed by atoms with Crippen LogP contribution in [0.5, 0.6) is 11.5 Å². The molecule has 154 valence electrons. The van der Waals surface area contributed by atoms with Gasteiger partial charge in [0.1, 0.15) is 6.61 Å². The van der Waals surface area contributed by atoms with Gasteiger partial charge in [-0.25, -0.2) is 4.98 Å². The Morgan fingerprint density at radius 2 is 2.03 bits per heavy atom. The summed E-state index contributed by atoms with van der Waals surface area (Å²) in [5.74, 6) is 1.38. The first-order valence-electron chi connectivity index (χ1n) is 10.7. The lowest BCUT2D eigenvalue weighted by Gasteiger charge is -2.50. The van der Waals surface area contributed by atoms with E-state index in [-0.39, 0.29) is 18.1 Å². The molecule has 1 aromatic carbocycles. The third kappa shape index (κ3) is 3.08. The average Bonchev–Trinajstić information content (AvgIpc) is 3.26. The Morgan fingerprint density at radius 1 is 1.24 bits per heavy atom. The minimum Gasteiger partial charge on any atom is -0.485 e. The zero-order valence-electron chi connectivity index (χ0n) is 16.9. The second kappa shape index (κ2) is 7.37. The van der Waals surface area contributed by atoms with Crippen LogP contribution in [0, 0.1) is 0 Å². The molecule has 1 aromatic heterocycles. The number of nitrogens with one attached hydrogen (secondary N) is 1. The second-order valence-corrected chi connectivity index (χ2v) is 8.19. The van der Waals surface area contributed by atoms with Crippen molar-refractivity contribution in [1.82, 2.24) is 19.8 Å². The van der Waals surface area contributed by atoms with Gasteiger partial charge in [0.15, 0.2) is 11.5 Å². The van der Waals surface area contributed by atoms with Crippen molar-refractivity contribution in [2.75, 3.05) is 32.8 Å². The third-order valence-electron chi connectivity index (χ3n) is 6.58. The van der Waals surface area contributed by atoms with Crippen LogP contribution in [0.3, 0.4) is 0 Å². The highest BCUT2D eigenvalue weighted by Gasteiger charge is 2.47. The smallest absolute Gasteiger partial charge is 0.267 e. The monoisotopic (exact) mass is 396 g/mol. The molecule has 29 heavy (non-hydrogen) atoms. The maximum atomic E-state index is 13.1. The number of imidazole rings is 1. The average molecular weight is 396 g/mol. The number of hydrogen-bond donors (Lipinski definition) is 1. The van der Waals surface area contributed by atoms with Crippen molar-refractivity contribution in [2.24, 2.45) is 0 Å². The quantitative estimate of drug-likeness (QED) is 0.862. The Morgan fingerprint density at radius 3 is 2.83 bits per heavy atom. The van der Waals surface area contributed by atoms with Gasteiger partial charge in [-0.2, -0.15) is 0 Å². The number of fused-ring (bicyclic) bond motifs is 3. The van der Waals surface area contributed by atoms with Crippen LogP contribution < -0.4 is 9.47 Å². The Kier molecular flexibility index (Phi) is 4.70. The number of para-hydroxylation sites is 2. The summed E-state index contributed by atoms with van der Waals surface area (Å²) in [5, 5.41) is 0. The molecule has 0 radical (unpaired) electrons. The molecule has 0 saturated carbocycles. The van der Waals surface area contributed by atoms with E-state index in [1.165, 1.54) is 11.4 Å². The predicted molar refractivity (Wildman–Crippen MR) is 108 cm³/mol. The van der Waals surface area contributed by atoms with Crippen LogP contribution in [0.1, 0.15) is 37.6 Å². The first-order valence-corrected chi connectivity index (χ1v) is 10.7. The van der Waals surface area contributed by atoms with Gasteiger partial charge in [-0.1, -0.05) is 19.1 Å². The maximum Gasteiger partial charge on any atom is 0.267 e. The molecular formula is C22H28N4O3. The van der Waals surface area contributed by atoms with Gasteiger partial charge in [0.25, 0.3) is 5.91 Å². The highest BCUT2D eigenvalue weighted by molar-refractivity contribution is 5.82. The van der Waals surface area contributed by atoms with Crippen molar-refractivity contribution in [2.45, 2.75) is 44.2 Å². The first-order chi connectivity index (χ1) is 14.2. The van der Waals surface area contributed by atoms with Crippen molar-refractivity contribution in [3.05, 3.63) is 42.0 Å². The summed E-state index contributed by atoms with van der Waals surface area (Å²) in [6.45, 7) is 6.04. The molecule has 1 N–H and O–H groups in total. The number of ether oxygens (including phenoxy) is 2. The predicted octanol–water partition coefficient (Wildman–Crippen LogP) is 2.34. The Labute approximate surface area is 171 Å². The number of amides is 1. The van der Waals surface area contributed by atoms with Crippen LogP contribution in [0.2, 0.25) is 0 Å². The van der Waals surface area contributed by atoms with Gasteiger partial charge in [-0.05, 0) is 37.9 Å². The normalized spacial score (nSPS) is 23.1. The van der Waals surface area contributed by atoms with E-state index < -0.39 is 6.10 Å². The Balaban J connectivity index is 1.31. The summed E-state index contributed by atoms with van der Waals surface area (Å²) in [7, 11) is 0. The Bertz CT molecular complexity index is 888. The van der Waals surface area contributed by atoms with Crippen molar-refractivity contribution in [3.8, 4) is 11.5 Å². The molecule has 0 unspecified atom stereocenters. The zero-order valence-corrected chi connectivity index (χ0v) is 16.9. The molecule has 4 heterocycles. The van der Waals surface area contributed by atoms with Gasteiger partial charge in [0.05, 0.1) is 17.6 Å². The summed E-state index contributed by atoms with van der Waals surface area (Å²) in [6.07, 6.45) is 5.20. The number of hydrogen-bond acceptors (Lipinski definition) is 5. The van der Waals surface area contributed by atoms with E-state index >= 15 is 0 Å². The van der Waals surface area contributed by atoms with Crippen LogP contribution in [0.25, 0.3) is 0 Å². The fraction of sp³-hybridized carbons (Fsp3) is 0.545. The molecule has 7 heteroatoms. The van der Waals surface area contributed by atoms with E-state index in [2.05, 4.69) is 16.8 Å². The molecule has 3 aliphatic heterocycles. The second-order valence-electron chi connectivity index (χ2n) is 8.19. The van der Waals surface area contributed by atoms with Gasteiger partial charge < -0.3 is 19.4 Å². The van der Waals surface area contributed by atoms with Crippen molar-refractivity contribution < 1.29 is 14.3 Å². The van der Waals surface area contributed by atoms with Gasteiger partial charge in [0, 0.05) is 31.7 Å². The van der Waals surface area contributed by atoms with E-state index in [0.29, 0.717) is 24.6 Å². The van der Waals surface area contributed by atoms with Crippen LogP contribution in [0.4, 0.5) is 0 Å². The summed E-state index contributed by atoms with van der Waals surface area (Å²) in [4.78, 5) is 25.7. The lowest BCUT2D eigenvalue weighted by atomic mass is 9.78. The Hall–Kier alpha value is -2.54. The summed E-state index contributed by atoms with van der Waals surface area (Å²) >= 11 is 0. The number of piperidine rings is 1. The highest BCUT2D eigenvalue weighted by atomic mass is 16.6. The SMILES string of the molecule is CCCN1CCc2[nH]cnc2C12CCN(C(=O)[C@H]1COc3ccccc3O1)CC2.